The van der Waals surface area contributed by atoms with Gasteiger partial charge < -0.3 is 19.5 Å². The lowest BCUT2D eigenvalue weighted by atomic mass is 10.1. The molecule has 1 aromatic heterocycles. The maximum Gasteiger partial charge on any atom is 0.291 e. The number of amides is 2. The minimum absolute atomic E-state index is 0.121. The number of carbonyl (C=O) groups excluding carboxylic acids is 2. The molecule has 4 aromatic rings. The summed E-state index contributed by atoms with van der Waals surface area (Å²) in [5, 5.41) is 3.56. The number of carbonyl (C=O) groups is 2. The first-order valence-electron chi connectivity index (χ1n) is 10.8. The molecular weight excluding hydrogens is 421 g/mol. The summed E-state index contributed by atoms with van der Waals surface area (Å²) in [5.74, 6) is -0.733. The van der Waals surface area contributed by atoms with Crippen molar-refractivity contribution in [2.24, 2.45) is 0 Å². The Morgan fingerprint density at radius 1 is 0.818 bits per heavy atom. The van der Waals surface area contributed by atoms with Crippen LogP contribution in [0, 0.1) is 5.82 Å². The van der Waals surface area contributed by atoms with Gasteiger partial charge in [-0.25, -0.2) is 4.39 Å². The number of nitrogens with zero attached hydrogens (tertiary/aromatic N) is 2. The molecule has 0 atom stereocenters. The lowest BCUT2D eigenvalue weighted by molar-refractivity contribution is 0.0718. The van der Waals surface area contributed by atoms with Crippen LogP contribution in [0.4, 0.5) is 15.8 Å². The second kappa shape index (κ2) is 8.78. The standard InChI is InChI=1S/C26H22FN3O3/c27-19-10-12-20(13-11-19)29-14-16-30(17-15-29)26(32)24-23(21-8-4-5-9-22(21)33-24)28-25(31)18-6-2-1-3-7-18/h1-13H,14-17H2,(H,28,31). The number of halogens is 1. The average molecular weight is 443 g/mol. The zero-order valence-electron chi connectivity index (χ0n) is 17.8. The van der Waals surface area contributed by atoms with Crippen molar-refractivity contribution in [3.05, 3.63) is 96.0 Å². The number of piperazine rings is 1. The van der Waals surface area contributed by atoms with Crippen molar-refractivity contribution in [1.29, 1.82) is 0 Å². The number of nitrogens with one attached hydrogen (secondary N) is 1. The summed E-state index contributed by atoms with van der Waals surface area (Å²) in [7, 11) is 0. The van der Waals surface area contributed by atoms with E-state index in [9.17, 15) is 14.0 Å². The van der Waals surface area contributed by atoms with Crippen molar-refractivity contribution < 1.29 is 18.4 Å². The predicted octanol–water partition coefficient (Wildman–Crippen LogP) is 4.79. The molecule has 7 heteroatoms. The van der Waals surface area contributed by atoms with E-state index < -0.39 is 0 Å². The maximum atomic E-state index is 13.4. The van der Waals surface area contributed by atoms with Gasteiger partial charge in [-0.05, 0) is 48.5 Å². The van der Waals surface area contributed by atoms with Crippen LogP contribution in [-0.4, -0.2) is 42.9 Å². The first-order valence-corrected chi connectivity index (χ1v) is 10.8. The van der Waals surface area contributed by atoms with Gasteiger partial charge >= 0.3 is 0 Å². The molecule has 1 aliphatic rings. The number of fused-ring (bicyclic) bond motifs is 1. The average Bonchev–Trinajstić information content (AvgIpc) is 3.23. The Labute approximate surface area is 190 Å². The topological polar surface area (TPSA) is 65.8 Å². The summed E-state index contributed by atoms with van der Waals surface area (Å²) in [6.07, 6.45) is 0. The van der Waals surface area contributed by atoms with E-state index in [4.69, 9.17) is 4.42 Å². The van der Waals surface area contributed by atoms with Gasteiger partial charge in [-0.3, -0.25) is 9.59 Å². The quantitative estimate of drug-likeness (QED) is 0.493. The molecule has 0 bridgehead atoms. The Morgan fingerprint density at radius 3 is 2.21 bits per heavy atom. The van der Waals surface area contributed by atoms with Gasteiger partial charge in [0.2, 0.25) is 5.76 Å². The molecule has 6 nitrogen and oxygen atoms in total. The maximum absolute atomic E-state index is 13.4. The second-order valence-corrected chi connectivity index (χ2v) is 7.88. The number of para-hydroxylation sites is 1. The van der Waals surface area contributed by atoms with E-state index >= 15 is 0 Å². The summed E-state index contributed by atoms with van der Waals surface area (Å²) >= 11 is 0. The number of hydrogen-bond donors (Lipinski definition) is 1. The summed E-state index contributed by atoms with van der Waals surface area (Å²) in [5.41, 5.74) is 2.33. The monoisotopic (exact) mass is 443 g/mol. The van der Waals surface area contributed by atoms with E-state index in [1.165, 1.54) is 12.1 Å². The Morgan fingerprint density at radius 2 is 1.48 bits per heavy atom. The number of benzene rings is 3. The highest BCUT2D eigenvalue weighted by Crippen LogP contribution is 2.32. The molecule has 166 valence electrons. The molecule has 0 spiro atoms. The first-order chi connectivity index (χ1) is 16.1. The fourth-order valence-electron chi connectivity index (χ4n) is 4.06. The molecule has 1 saturated heterocycles. The minimum Gasteiger partial charge on any atom is -0.449 e. The Kier molecular flexibility index (Phi) is 5.52. The molecule has 0 aliphatic carbocycles. The van der Waals surface area contributed by atoms with Gasteiger partial charge in [0.05, 0.1) is 0 Å². The molecule has 5 rings (SSSR count). The highest BCUT2D eigenvalue weighted by molar-refractivity contribution is 6.14. The van der Waals surface area contributed by atoms with Crippen LogP contribution in [0.3, 0.4) is 0 Å². The van der Waals surface area contributed by atoms with E-state index in [0.29, 0.717) is 48.4 Å². The summed E-state index contributed by atoms with van der Waals surface area (Å²) < 4.78 is 19.1. The van der Waals surface area contributed by atoms with Crippen molar-refractivity contribution in [3.63, 3.8) is 0 Å². The summed E-state index contributed by atoms with van der Waals surface area (Å²) in [6.45, 7) is 2.20. The molecule has 0 saturated carbocycles. The van der Waals surface area contributed by atoms with Gasteiger partial charge in [-0.1, -0.05) is 30.3 Å². The molecule has 1 N–H and O–H groups in total. The first kappa shape index (κ1) is 20.8. The third-order valence-electron chi connectivity index (χ3n) is 5.82. The van der Waals surface area contributed by atoms with Gasteiger partial charge in [0.1, 0.15) is 17.1 Å². The van der Waals surface area contributed by atoms with Crippen LogP contribution in [0.2, 0.25) is 0 Å². The van der Waals surface area contributed by atoms with Gasteiger partial charge in [0, 0.05) is 42.8 Å². The number of furan rings is 1. The van der Waals surface area contributed by atoms with Crippen LogP contribution in [0.5, 0.6) is 0 Å². The van der Waals surface area contributed by atoms with Crippen LogP contribution in [0.25, 0.3) is 11.0 Å². The molecular formula is C26H22FN3O3. The van der Waals surface area contributed by atoms with Crippen LogP contribution in [0.15, 0.2) is 83.3 Å². The minimum atomic E-state index is -0.308. The fourth-order valence-corrected chi connectivity index (χ4v) is 4.06. The molecule has 2 amide bonds. The highest BCUT2D eigenvalue weighted by atomic mass is 19.1. The number of anilines is 2. The van der Waals surface area contributed by atoms with Gasteiger partial charge in [-0.2, -0.15) is 0 Å². The summed E-state index contributed by atoms with van der Waals surface area (Å²) in [4.78, 5) is 30.1. The largest absolute Gasteiger partial charge is 0.449 e. The highest BCUT2D eigenvalue weighted by Gasteiger charge is 2.29. The fraction of sp³-hybridized carbons (Fsp3) is 0.154. The van der Waals surface area contributed by atoms with Crippen molar-refractivity contribution in [2.75, 3.05) is 36.4 Å². The van der Waals surface area contributed by atoms with E-state index in [1.54, 1.807) is 47.4 Å². The van der Waals surface area contributed by atoms with Crippen LogP contribution in [0.1, 0.15) is 20.9 Å². The molecule has 3 aromatic carbocycles. The van der Waals surface area contributed by atoms with Crippen molar-refractivity contribution in [3.8, 4) is 0 Å². The van der Waals surface area contributed by atoms with Crippen LogP contribution >= 0.6 is 0 Å². The van der Waals surface area contributed by atoms with E-state index in [-0.39, 0.29) is 23.4 Å². The van der Waals surface area contributed by atoms with Crippen molar-refractivity contribution in [1.82, 2.24) is 4.90 Å². The zero-order chi connectivity index (χ0) is 22.8. The smallest absolute Gasteiger partial charge is 0.291 e. The Balaban J connectivity index is 1.38. The molecule has 0 unspecified atom stereocenters. The van der Waals surface area contributed by atoms with Gasteiger partial charge in [-0.15, -0.1) is 0 Å². The predicted molar refractivity (Wildman–Crippen MR) is 125 cm³/mol. The third kappa shape index (κ3) is 4.17. The molecule has 1 fully saturated rings. The van der Waals surface area contributed by atoms with Gasteiger partial charge in [0.25, 0.3) is 11.8 Å². The van der Waals surface area contributed by atoms with Crippen LogP contribution < -0.4 is 10.2 Å². The Hall–Kier alpha value is -4.13. The zero-order valence-corrected chi connectivity index (χ0v) is 17.8. The number of hydrogen-bond acceptors (Lipinski definition) is 4. The molecule has 2 heterocycles. The lowest BCUT2D eigenvalue weighted by Crippen LogP contribution is -2.48. The normalized spacial score (nSPS) is 13.8. The third-order valence-corrected chi connectivity index (χ3v) is 5.82. The van der Waals surface area contributed by atoms with Crippen molar-refractivity contribution in [2.45, 2.75) is 0 Å². The number of rotatable bonds is 4. The summed E-state index contributed by atoms with van der Waals surface area (Å²) in [6, 6.07) is 22.4. The Bertz CT molecular complexity index is 1290. The molecule has 1 aliphatic heterocycles. The molecule has 0 radical (unpaired) electrons. The van der Waals surface area contributed by atoms with Crippen molar-refractivity contribution >= 4 is 34.2 Å². The lowest BCUT2D eigenvalue weighted by Gasteiger charge is -2.35. The van der Waals surface area contributed by atoms with E-state index in [0.717, 1.165) is 5.69 Å². The van der Waals surface area contributed by atoms with Gasteiger partial charge in [0.15, 0.2) is 0 Å². The molecule has 33 heavy (non-hydrogen) atoms. The second-order valence-electron chi connectivity index (χ2n) is 7.88. The van der Waals surface area contributed by atoms with E-state index in [1.807, 2.05) is 24.3 Å². The SMILES string of the molecule is O=C(Nc1c(C(=O)N2CCN(c3ccc(F)cc3)CC2)oc2ccccc12)c1ccccc1. The van der Waals surface area contributed by atoms with E-state index in [2.05, 4.69) is 10.2 Å². The van der Waals surface area contributed by atoms with Crippen LogP contribution in [-0.2, 0) is 0 Å².